The maximum Gasteiger partial charge on any atom is 0.0555 e. The van der Waals surface area contributed by atoms with Crippen LogP contribution in [-0.2, 0) is 0 Å². The predicted octanol–water partition coefficient (Wildman–Crippen LogP) is 13.0. The van der Waals surface area contributed by atoms with Gasteiger partial charge in [0.25, 0.3) is 0 Å². The lowest BCUT2D eigenvalue weighted by molar-refractivity contribution is 0.283. The third-order valence-electron chi connectivity index (χ3n) is 8.97. The molecule has 0 amide bonds. The molecule has 0 fully saturated rings. The minimum absolute atomic E-state index is 0.259. The highest BCUT2D eigenvalue weighted by molar-refractivity contribution is 4.82. The van der Waals surface area contributed by atoms with Crippen LogP contribution in [0.1, 0.15) is 206 Å². The molecule has 42 heavy (non-hydrogen) atoms. The van der Waals surface area contributed by atoms with E-state index in [2.05, 4.69) is 43.5 Å². The summed E-state index contributed by atoms with van der Waals surface area (Å²) in [5, 5.41) is 12.6. The summed E-state index contributed by atoms with van der Waals surface area (Å²) in [6.45, 7) is 6.68. The van der Waals surface area contributed by atoms with Crippen molar-refractivity contribution in [3.05, 3.63) is 24.3 Å². The van der Waals surface area contributed by atoms with Crippen molar-refractivity contribution in [2.75, 3.05) is 19.7 Å². The first-order valence-electron chi connectivity index (χ1n) is 19.5. The van der Waals surface area contributed by atoms with Crippen LogP contribution in [0.25, 0.3) is 0 Å². The second-order valence-corrected chi connectivity index (χ2v) is 13.2. The van der Waals surface area contributed by atoms with Gasteiger partial charge in [0.05, 0.1) is 6.61 Å². The Balaban J connectivity index is 3.62. The van der Waals surface area contributed by atoms with Gasteiger partial charge in [-0.05, 0) is 76.7 Å². The van der Waals surface area contributed by atoms with Gasteiger partial charge in [0.15, 0.2) is 0 Å². The van der Waals surface area contributed by atoms with Gasteiger partial charge in [0.2, 0.25) is 0 Å². The van der Waals surface area contributed by atoms with Crippen LogP contribution in [0, 0.1) is 5.92 Å². The lowest BCUT2D eigenvalue weighted by atomic mass is 9.94. The van der Waals surface area contributed by atoms with E-state index in [1.165, 1.54) is 193 Å². The van der Waals surface area contributed by atoms with Crippen molar-refractivity contribution in [3.63, 3.8) is 0 Å². The van der Waals surface area contributed by atoms with Crippen LogP contribution in [0.5, 0.6) is 0 Å². The van der Waals surface area contributed by atoms with Crippen molar-refractivity contribution < 1.29 is 5.11 Å². The fourth-order valence-corrected chi connectivity index (χ4v) is 6.09. The third-order valence-corrected chi connectivity index (χ3v) is 8.97. The topological polar surface area (TPSA) is 32.3 Å². The molecule has 0 aromatic heterocycles. The summed E-state index contributed by atoms with van der Waals surface area (Å²) in [6.07, 6.45) is 51.2. The van der Waals surface area contributed by atoms with Crippen LogP contribution in [0.2, 0.25) is 0 Å². The largest absolute Gasteiger partial charge is 0.395 e. The lowest BCUT2D eigenvalue weighted by Crippen LogP contribution is -2.25. The summed E-state index contributed by atoms with van der Waals surface area (Å²) in [7, 11) is 0. The summed E-state index contributed by atoms with van der Waals surface area (Å²) >= 11 is 0. The average molecular weight is 590 g/mol. The molecule has 0 heterocycles. The summed E-state index contributed by atoms with van der Waals surface area (Å²) in [6, 6.07) is 0. The number of unbranched alkanes of at least 4 members (excludes halogenated alkanes) is 24. The van der Waals surface area contributed by atoms with Crippen LogP contribution in [0.4, 0.5) is 0 Å². The number of aliphatic hydroxyl groups is 1. The molecule has 0 bridgehead atoms. The Kier molecular flexibility index (Phi) is 37.9. The maximum absolute atomic E-state index is 9.16. The molecule has 0 aliphatic heterocycles. The predicted molar refractivity (Wildman–Crippen MR) is 192 cm³/mol. The Morgan fingerprint density at radius 3 is 1.07 bits per heavy atom. The second kappa shape index (κ2) is 38.4. The Labute approximate surface area is 266 Å². The van der Waals surface area contributed by atoms with Crippen LogP contribution in [0.15, 0.2) is 24.3 Å². The summed E-state index contributed by atoms with van der Waals surface area (Å²) in [5.41, 5.74) is 0. The molecule has 0 aliphatic rings. The molecule has 0 radical (unpaired) electrons. The summed E-state index contributed by atoms with van der Waals surface area (Å²) < 4.78 is 0. The van der Waals surface area contributed by atoms with E-state index < -0.39 is 0 Å². The van der Waals surface area contributed by atoms with E-state index in [1.807, 2.05) is 0 Å². The van der Waals surface area contributed by atoms with E-state index >= 15 is 0 Å². The molecule has 0 aliphatic carbocycles. The third kappa shape index (κ3) is 35.6. The van der Waals surface area contributed by atoms with Gasteiger partial charge < -0.3 is 10.4 Å². The van der Waals surface area contributed by atoms with Crippen LogP contribution in [-0.4, -0.2) is 24.8 Å². The van der Waals surface area contributed by atoms with Crippen molar-refractivity contribution >= 4 is 0 Å². The molecule has 0 rings (SSSR count). The smallest absolute Gasteiger partial charge is 0.0555 e. The molecule has 0 saturated heterocycles. The number of allylic oxidation sites excluding steroid dienone is 4. The first-order valence-corrected chi connectivity index (χ1v) is 19.5. The van der Waals surface area contributed by atoms with Gasteiger partial charge in [-0.1, -0.05) is 167 Å². The van der Waals surface area contributed by atoms with Gasteiger partial charge in [-0.25, -0.2) is 0 Å². The van der Waals surface area contributed by atoms with Crippen LogP contribution < -0.4 is 5.32 Å². The zero-order valence-electron chi connectivity index (χ0n) is 29.2. The number of hydrogen-bond acceptors (Lipinski definition) is 2. The normalized spacial score (nSPS) is 12.1. The average Bonchev–Trinajstić information content (AvgIpc) is 3.00. The van der Waals surface area contributed by atoms with Crippen molar-refractivity contribution in [2.24, 2.45) is 5.92 Å². The first kappa shape index (κ1) is 41.4. The zero-order valence-corrected chi connectivity index (χ0v) is 29.2. The molecular formula is C40H79NO. The van der Waals surface area contributed by atoms with E-state index in [9.17, 15) is 0 Å². The Hall–Kier alpha value is -0.600. The molecule has 250 valence electrons. The number of aliphatic hydroxyl groups excluding tert-OH is 1. The molecule has 2 N–H and O–H groups in total. The van der Waals surface area contributed by atoms with Crippen molar-refractivity contribution in [1.29, 1.82) is 0 Å². The van der Waals surface area contributed by atoms with Crippen molar-refractivity contribution in [2.45, 2.75) is 206 Å². The highest BCUT2D eigenvalue weighted by Gasteiger charge is 2.08. The van der Waals surface area contributed by atoms with Gasteiger partial charge in [-0.2, -0.15) is 0 Å². The molecule has 0 aromatic carbocycles. The van der Waals surface area contributed by atoms with E-state index in [0.29, 0.717) is 0 Å². The first-order chi connectivity index (χ1) is 20.8. The Bertz CT molecular complexity index is 486. The van der Waals surface area contributed by atoms with E-state index in [0.717, 1.165) is 19.0 Å². The highest BCUT2D eigenvalue weighted by Crippen LogP contribution is 2.19. The lowest BCUT2D eigenvalue weighted by Gasteiger charge is -2.17. The van der Waals surface area contributed by atoms with Gasteiger partial charge >= 0.3 is 0 Å². The van der Waals surface area contributed by atoms with Crippen molar-refractivity contribution in [1.82, 2.24) is 5.32 Å². The molecular weight excluding hydrogens is 510 g/mol. The van der Waals surface area contributed by atoms with Crippen LogP contribution >= 0.6 is 0 Å². The minimum atomic E-state index is 0.259. The van der Waals surface area contributed by atoms with E-state index in [1.54, 1.807) is 0 Å². The monoisotopic (exact) mass is 590 g/mol. The molecule has 0 atom stereocenters. The Morgan fingerprint density at radius 1 is 0.429 bits per heavy atom. The van der Waals surface area contributed by atoms with Gasteiger partial charge in [0, 0.05) is 6.54 Å². The fraction of sp³-hybridized carbons (Fsp3) is 0.900. The molecule has 2 nitrogen and oxygen atoms in total. The fourth-order valence-electron chi connectivity index (χ4n) is 6.09. The quantitative estimate of drug-likeness (QED) is 0.0562. The molecule has 0 aromatic rings. The maximum atomic E-state index is 9.16. The van der Waals surface area contributed by atoms with Crippen LogP contribution in [0.3, 0.4) is 0 Å². The molecule has 2 heteroatoms. The summed E-state index contributed by atoms with van der Waals surface area (Å²) in [4.78, 5) is 0. The Morgan fingerprint density at radius 2 is 0.738 bits per heavy atom. The number of rotatable bonds is 36. The zero-order chi connectivity index (χ0) is 30.4. The van der Waals surface area contributed by atoms with Gasteiger partial charge in [-0.15, -0.1) is 0 Å². The molecule has 0 unspecified atom stereocenters. The highest BCUT2D eigenvalue weighted by atomic mass is 16.3. The summed E-state index contributed by atoms with van der Waals surface area (Å²) in [5.74, 6) is 0.796. The second-order valence-electron chi connectivity index (χ2n) is 13.2. The van der Waals surface area contributed by atoms with Crippen molar-refractivity contribution in [3.8, 4) is 0 Å². The van der Waals surface area contributed by atoms with Gasteiger partial charge in [-0.3, -0.25) is 0 Å². The van der Waals surface area contributed by atoms with E-state index in [4.69, 9.17) is 5.11 Å². The van der Waals surface area contributed by atoms with Gasteiger partial charge in [0.1, 0.15) is 0 Å². The standard InChI is InChI=1S/C40H79NO/c1-3-5-7-9-11-13-15-17-19-21-23-25-27-29-31-33-35-40(39-41-37-38-42)36-34-32-30-28-26-24-22-20-18-16-14-12-10-8-6-4-2/h17-20,40-42H,3-16,21-39H2,1-2H3/b19-17-,20-18-. The molecule has 0 saturated carbocycles. The number of nitrogens with one attached hydrogen (secondary N) is 1. The minimum Gasteiger partial charge on any atom is -0.395 e. The SMILES string of the molecule is CCCCCCCC/C=C\CCCCCCCCC(CCCCCCCC/C=C\CCCCCCCC)CNCCO. The molecule has 0 spiro atoms. The number of hydrogen-bond donors (Lipinski definition) is 2. The van der Waals surface area contributed by atoms with E-state index in [-0.39, 0.29) is 6.61 Å².